The zero-order valence-corrected chi connectivity index (χ0v) is 20.4. The molecule has 2 heterocycles. The summed E-state index contributed by atoms with van der Waals surface area (Å²) in [6, 6.07) is 14.9. The van der Waals surface area contributed by atoms with Crippen molar-refractivity contribution in [3.8, 4) is 11.7 Å². The second-order valence-electron chi connectivity index (χ2n) is 7.87. The highest BCUT2D eigenvalue weighted by Crippen LogP contribution is 2.30. The Balaban J connectivity index is 0.000000886. The van der Waals surface area contributed by atoms with Gasteiger partial charge in [0, 0.05) is 36.4 Å². The van der Waals surface area contributed by atoms with E-state index in [-0.39, 0.29) is 17.7 Å². The zero-order chi connectivity index (χ0) is 26.9. The van der Waals surface area contributed by atoms with Crippen LogP contribution in [-0.2, 0) is 11.2 Å². The minimum Gasteiger partial charge on any atom is -0.496 e. The van der Waals surface area contributed by atoms with Crippen molar-refractivity contribution in [3.63, 3.8) is 0 Å². The highest BCUT2D eigenvalue weighted by Gasteiger charge is 2.22. The summed E-state index contributed by atoms with van der Waals surface area (Å²) < 4.78 is 6.57. The van der Waals surface area contributed by atoms with Crippen LogP contribution >= 0.6 is 0 Å². The molecule has 0 fully saturated rings. The van der Waals surface area contributed by atoms with Gasteiger partial charge < -0.3 is 15.6 Å². The van der Waals surface area contributed by atoms with E-state index in [0.29, 0.717) is 23.6 Å². The first-order valence-electron chi connectivity index (χ1n) is 11.1. The van der Waals surface area contributed by atoms with E-state index in [0.717, 1.165) is 28.3 Å². The van der Waals surface area contributed by atoms with Crippen molar-refractivity contribution in [3.05, 3.63) is 106 Å². The van der Waals surface area contributed by atoms with Gasteiger partial charge in [-0.1, -0.05) is 43.0 Å². The van der Waals surface area contributed by atoms with Gasteiger partial charge >= 0.3 is 5.69 Å². The van der Waals surface area contributed by atoms with Crippen LogP contribution in [0.1, 0.15) is 40.9 Å². The Labute approximate surface area is 212 Å². The summed E-state index contributed by atoms with van der Waals surface area (Å²) in [5, 5.41) is 19.5. The number of aromatic nitrogens is 5. The number of carbonyl (C=O) groups is 1. The molecule has 0 aliphatic carbocycles. The molecule has 190 valence electrons. The molecule has 37 heavy (non-hydrogen) atoms. The molecule has 11 heteroatoms. The van der Waals surface area contributed by atoms with Gasteiger partial charge in [0.15, 0.2) is 0 Å². The minimum absolute atomic E-state index is 0.00909. The predicted molar refractivity (Wildman–Crippen MR) is 139 cm³/mol. The number of aromatic amines is 1. The molecule has 0 aliphatic rings. The smallest absolute Gasteiger partial charge is 0.350 e. The number of nitrogens with zero attached hydrogens (tertiary/aromatic N) is 4. The molecule has 0 spiro atoms. The van der Waals surface area contributed by atoms with Gasteiger partial charge in [-0.25, -0.2) is 14.8 Å². The van der Waals surface area contributed by atoms with Gasteiger partial charge in [-0.15, -0.1) is 9.78 Å². The van der Waals surface area contributed by atoms with Gasteiger partial charge in [-0.05, 0) is 35.7 Å². The van der Waals surface area contributed by atoms with Crippen molar-refractivity contribution < 1.29 is 14.6 Å². The molecule has 11 nitrogen and oxygen atoms in total. The molecule has 0 bridgehead atoms. The first-order chi connectivity index (χ1) is 17.7. The molecule has 2 aromatic carbocycles. The van der Waals surface area contributed by atoms with Gasteiger partial charge in [0.2, 0.25) is 0 Å². The Morgan fingerprint density at radius 3 is 2.46 bits per heavy atom. The number of aliphatic carboxylic acids is 1. The average molecular weight is 502 g/mol. The maximum absolute atomic E-state index is 12.7. The molecule has 2 aromatic heterocycles. The van der Waals surface area contributed by atoms with Crippen LogP contribution in [0.2, 0.25) is 0 Å². The van der Waals surface area contributed by atoms with Crippen LogP contribution in [0.3, 0.4) is 0 Å². The normalized spacial score (nSPS) is 11.1. The van der Waals surface area contributed by atoms with Gasteiger partial charge in [0.05, 0.1) is 7.11 Å². The van der Waals surface area contributed by atoms with E-state index in [1.165, 1.54) is 0 Å². The standard InChI is InChI=1S/C24H23N7O2.C2H4O2/c1-3-16-14-18(9-10-20(16)33-2)19(13-15-5-7-17(8-6-15)21(25)26)22-29-24(32)31(30-22)23-27-11-4-12-28-23;1-2(3)4/h3-12,14,19H,1,13H2,2H3,(H3,25,26)(H,29,30,32);1H3,(H,3,4). The molecule has 0 saturated carbocycles. The lowest BCUT2D eigenvalue weighted by Crippen LogP contribution is -2.18. The Bertz CT molecular complexity index is 1440. The maximum atomic E-state index is 12.7. The summed E-state index contributed by atoms with van der Waals surface area (Å²) in [5.41, 5.74) is 8.55. The van der Waals surface area contributed by atoms with Crippen molar-refractivity contribution in [2.45, 2.75) is 19.3 Å². The van der Waals surface area contributed by atoms with E-state index in [1.54, 1.807) is 43.8 Å². The molecular formula is C26H27N7O4. The van der Waals surface area contributed by atoms with Crippen LogP contribution < -0.4 is 16.2 Å². The summed E-state index contributed by atoms with van der Waals surface area (Å²) in [6.07, 6.45) is 5.37. The Kier molecular flexibility index (Phi) is 8.66. The first-order valence-corrected chi connectivity index (χ1v) is 11.1. The van der Waals surface area contributed by atoms with Gasteiger partial charge in [-0.3, -0.25) is 15.2 Å². The second kappa shape index (κ2) is 12.1. The summed E-state index contributed by atoms with van der Waals surface area (Å²) in [4.78, 5) is 32.8. The minimum atomic E-state index is -0.833. The van der Waals surface area contributed by atoms with E-state index in [4.69, 9.17) is 25.8 Å². The van der Waals surface area contributed by atoms with Crippen LogP contribution in [0.4, 0.5) is 0 Å². The lowest BCUT2D eigenvalue weighted by atomic mass is 9.89. The highest BCUT2D eigenvalue weighted by molar-refractivity contribution is 5.94. The Morgan fingerprint density at radius 2 is 1.89 bits per heavy atom. The van der Waals surface area contributed by atoms with Crippen LogP contribution in [0.25, 0.3) is 12.0 Å². The number of hydrogen-bond donors (Lipinski definition) is 4. The van der Waals surface area contributed by atoms with Crippen molar-refractivity contribution in [1.29, 1.82) is 5.41 Å². The van der Waals surface area contributed by atoms with Crippen LogP contribution in [-0.4, -0.2) is 48.8 Å². The van der Waals surface area contributed by atoms with Crippen LogP contribution in [0.5, 0.6) is 5.75 Å². The maximum Gasteiger partial charge on any atom is 0.350 e. The van der Waals surface area contributed by atoms with Crippen molar-refractivity contribution in [2.75, 3.05) is 7.11 Å². The average Bonchev–Trinajstić information content (AvgIpc) is 3.28. The van der Waals surface area contributed by atoms with Crippen LogP contribution in [0.15, 0.2) is 72.3 Å². The van der Waals surface area contributed by atoms with E-state index in [9.17, 15) is 4.79 Å². The fourth-order valence-corrected chi connectivity index (χ4v) is 3.59. The molecule has 0 amide bonds. The molecular weight excluding hydrogens is 474 g/mol. The lowest BCUT2D eigenvalue weighted by Gasteiger charge is -2.17. The number of nitrogens with one attached hydrogen (secondary N) is 2. The molecule has 0 aliphatic heterocycles. The number of ether oxygens (including phenoxy) is 1. The number of benzene rings is 2. The van der Waals surface area contributed by atoms with Crippen molar-refractivity contribution in [1.82, 2.24) is 24.7 Å². The SMILES string of the molecule is C=Cc1cc(C(Cc2ccc(C(=N)N)cc2)c2nn(-c3ncccn3)c(=O)[nH]2)ccc1OC.CC(=O)O. The third-order valence-corrected chi connectivity index (χ3v) is 5.29. The van der Waals surface area contributed by atoms with Crippen LogP contribution in [0, 0.1) is 5.41 Å². The monoisotopic (exact) mass is 501 g/mol. The fourth-order valence-electron chi connectivity index (χ4n) is 3.59. The quantitative estimate of drug-likeness (QED) is 0.211. The number of methoxy groups -OCH3 is 1. The van der Waals surface area contributed by atoms with E-state index in [2.05, 4.69) is 26.6 Å². The van der Waals surface area contributed by atoms with E-state index in [1.807, 2.05) is 30.3 Å². The fraction of sp³-hybridized carbons (Fsp3) is 0.154. The molecule has 0 radical (unpaired) electrons. The number of hydrogen-bond acceptors (Lipinski definition) is 7. The van der Waals surface area contributed by atoms with Gasteiger partial charge in [-0.2, -0.15) is 0 Å². The number of nitrogen functional groups attached to an aromatic ring is 1. The number of carboxylic acids is 1. The summed E-state index contributed by atoms with van der Waals surface area (Å²) in [5.74, 6) is 0.264. The van der Waals surface area contributed by atoms with E-state index < -0.39 is 11.7 Å². The third kappa shape index (κ3) is 6.75. The van der Waals surface area contributed by atoms with Crippen molar-refractivity contribution >= 4 is 17.9 Å². The lowest BCUT2D eigenvalue weighted by molar-refractivity contribution is -0.134. The number of nitrogens with two attached hydrogens (primary N) is 1. The van der Waals surface area contributed by atoms with E-state index >= 15 is 0 Å². The summed E-state index contributed by atoms with van der Waals surface area (Å²) in [7, 11) is 1.61. The Hall–Kier alpha value is -5.06. The first kappa shape index (κ1) is 26.5. The second-order valence-corrected chi connectivity index (χ2v) is 7.87. The molecule has 1 atom stereocenters. The molecule has 0 saturated heterocycles. The molecule has 4 rings (SSSR count). The number of rotatable bonds is 8. The largest absolute Gasteiger partial charge is 0.496 e. The third-order valence-electron chi connectivity index (χ3n) is 5.29. The van der Waals surface area contributed by atoms with Gasteiger partial charge in [0.1, 0.15) is 17.4 Å². The number of amidine groups is 1. The predicted octanol–water partition coefficient (Wildman–Crippen LogP) is 2.75. The highest BCUT2D eigenvalue weighted by atomic mass is 16.5. The summed E-state index contributed by atoms with van der Waals surface area (Å²) in [6.45, 7) is 4.96. The number of H-pyrrole nitrogens is 1. The molecule has 1 unspecified atom stereocenters. The van der Waals surface area contributed by atoms with Gasteiger partial charge in [0.25, 0.3) is 11.9 Å². The zero-order valence-electron chi connectivity index (χ0n) is 20.4. The Morgan fingerprint density at radius 1 is 1.24 bits per heavy atom. The summed E-state index contributed by atoms with van der Waals surface area (Å²) >= 11 is 0. The molecule has 4 aromatic rings. The molecule has 5 N–H and O–H groups in total. The van der Waals surface area contributed by atoms with Crippen molar-refractivity contribution in [2.24, 2.45) is 5.73 Å². The number of carboxylic acid groups (broad SMARTS) is 1. The topological polar surface area (TPSA) is 173 Å².